The Kier molecular flexibility index (Phi) is 2.56. The number of carboxylic acid groups (broad SMARTS) is 1. The molecular weight excluding hydrogens is 246 g/mol. The molecule has 96 valence electrons. The molecule has 19 heavy (non-hydrogen) atoms. The van der Waals surface area contributed by atoms with Crippen LogP contribution < -0.4 is 4.90 Å². The summed E-state index contributed by atoms with van der Waals surface area (Å²) >= 11 is 0. The van der Waals surface area contributed by atoms with Crippen LogP contribution in [0.4, 0.5) is 5.69 Å². The summed E-state index contributed by atoms with van der Waals surface area (Å²) in [4.78, 5) is 31.3. The number of aromatic nitrogens is 2. The Morgan fingerprint density at radius 3 is 2.89 bits per heavy atom. The summed E-state index contributed by atoms with van der Waals surface area (Å²) in [6, 6.07) is 7.59. The van der Waals surface area contributed by atoms with Crippen molar-refractivity contribution in [1.82, 2.24) is 9.97 Å². The first-order chi connectivity index (χ1) is 9.18. The Hall–Kier alpha value is -2.63. The van der Waals surface area contributed by atoms with Crippen LogP contribution in [0.3, 0.4) is 0 Å². The van der Waals surface area contributed by atoms with E-state index in [1.165, 1.54) is 6.33 Å². The summed E-state index contributed by atoms with van der Waals surface area (Å²) in [6.45, 7) is 0.546. The van der Waals surface area contributed by atoms with Gasteiger partial charge in [-0.1, -0.05) is 18.2 Å². The zero-order valence-electron chi connectivity index (χ0n) is 9.96. The van der Waals surface area contributed by atoms with Crippen LogP contribution in [0.5, 0.6) is 0 Å². The van der Waals surface area contributed by atoms with Crippen LogP contribution in [-0.2, 0) is 6.42 Å². The van der Waals surface area contributed by atoms with E-state index < -0.39 is 5.97 Å². The van der Waals surface area contributed by atoms with Crippen LogP contribution in [0.2, 0.25) is 0 Å². The number of rotatable bonds is 2. The number of H-pyrrole nitrogens is 1. The molecule has 0 spiro atoms. The number of anilines is 1. The Balaban J connectivity index is 1.98. The number of aromatic amines is 1. The number of para-hydroxylation sites is 1. The Morgan fingerprint density at radius 1 is 1.32 bits per heavy atom. The van der Waals surface area contributed by atoms with Gasteiger partial charge in [0.1, 0.15) is 0 Å². The highest BCUT2D eigenvalue weighted by Gasteiger charge is 2.29. The number of aromatic carboxylic acids is 1. The van der Waals surface area contributed by atoms with Gasteiger partial charge in [0.25, 0.3) is 5.91 Å². The predicted octanol–water partition coefficient (Wildman–Crippen LogP) is 1.31. The molecule has 3 rings (SSSR count). The third-order valence-electron chi connectivity index (χ3n) is 3.19. The van der Waals surface area contributed by atoms with Gasteiger partial charge in [0.2, 0.25) is 0 Å². The van der Waals surface area contributed by atoms with Gasteiger partial charge >= 0.3 is 5.97 Å². The zero-order chi connectivity index (χ0) is 13.4. The Labute approximate surface area is 108 Å². The molecule has 0 bridgehead atoms. The first-order valence-electron chi connectivity index (χ1n) is 5.85. The van der Waals surface area contributed by atoms with E-state index in [2.05, 4.69) is 9.97 Å². The van der Waals surface area contributed by atoms with Gasteiger partial charge in [-0.15, -0.1) is 0 Å². The second-order valence-electron chi connectivity index (χ2n) is 4.27. The van der Waals surface area contributed by atoms with E-state index in [9.17, 15) is 9.59 Å². The summed E-state index contributed by atoms with van der Waals surface area (Å²) in [5, 5.41) is 9.00. The van der Waals surface area contributed by atoms with Crippen molar-refractivity contribution in [3.05, 3.63) is 47.5 Å². The van der Waals surface area contributed by atoms with Crippen molar-refractivity contribution in [2.24, 2.45) is 0 Å². The Bertz CT molecular complexity index is 663. The normalized spacial score (nSPS) is 13.4. The SMILES string of the molecule is O=C(O)c1[nH]cnc1C(=O)N1CCc2ccccc21. The van der Waals surface area contributed by atoms with Gasteiger partial charge in [0, 0.05) is 12.2 Å². The molecule has 1 aromatic carbocycles. The van der Waals surface area contributed by atoms with Gasteiger partial charge in [-0.3, -0.25) is 4.79 Å². The standard InChI is InChI=1S/C13H11N3O3/c17-12(10-11(13(18)19)15-7-14-10)16-6-5-8-3-1-2-4-9(8)16/h1-4,7H,5-6H2,(H,14,15)(H,18,19). The van der Waals surface area contributed by atoms with Crippen molar-refractivity contribution in [2.45, 2.75) is 6.42 Å². The molecule has 1 aliphatic rings. The van der Waals surface area contributed by atoms with Gasteiger partial charge in [-0.2, -0.15) is 0 Å². The lowest BCUT2D eigenvalue weighted by molar-refractivity contribution is 0.0686. The molecule has 0 fully saturated rings. The van der Waals surface area contributed by atoms with Gasteiger partial charge in [0.15, 0.2) is 11.4 Å². The number of hydrogen-bond acceptors (Lipinski definition) is 3. The minimum absolute atomic E-state index is 0.0517. The number of nitrogens with zero attached hydrogens (tertiary/aromatic N) is 2. The lowest BCUT2D eigenvalue weighted by atomic mass is 10.2. The zero-order valence-corrected chi connectivity index (χ0v) is 9.96. The van der Waals surface area contributed by atoms with Crippen LogP contribution in [0, 0.1) is 0 Å². The maximum absolute atomic E-state index is 12.4. The van der Waals surface area contributed by atoms with Gasteiger partial charge in [-0.05, 0) is 18.1 Å². The first-order valence-corrected chi connectivity index (χ1v) is 5.85. The number of carbonyl (C=O) groups excluding carboxylic acids is 1. The fourth-order valence-corrected chi connectivity index (χ4v) is 2.30. The number of carbonyl (C=O) groups is 2. The number of imidazole rings is 1. The third kappa shape index (κ3) is 1.77. The predicted molar refractivity (Wildman–Crippen MR) is 67.4 cm³/mol. The molecule has 0 radical (unpaired) electrons. The van der Waals surface area contributed by atoms with Crippen LogP contribution in [0.1, 0.15) is 26.5 Å². The topological polar surface area (TPSA) is 86.3 Å². The van der Waals surface area contributed by atoms with E-state index in [4.69, 9.17) is 5.11 Å². The average molecular weight is 257 g/mol. The monoisotopic (exact) mass is 257 g/mol. The van der Waals surface area contributed by atoms with Gasteiger partial charge in [0.05, 0.1) is 6.33 Å². The highest BCUT2D eigenvalue weighted by atomic mass is 16.4. The summed E-state index contributed by atoms with van der Waals surface area (Å²) in [5.74, 6) is -1.57. The fourth-order valence-electron chi connectivity index (χ4n) is 2.30. The molecule has 2 heterocycles. The maximum Gasteiger partial charge on any atom is 0.354 e. The molecule has 0 aliphatic carbocycles. The lowest BCUT2D eigenvalue weighted by Crippen LogP contribution is -2.30. The second kappa shape index (κ2) is 4.24. The molecule has 2 N–H and O–H groups in total. The number of nitrogens with one attached hydrogen (secondary N) is 1. The van der Waals surface area contributed by atoms with Crippen molar-refractivity contribution in [1.29, 1.82) is 0 Å². The molecular formula is C13H11N3O3. The van der Waals surface area contributed by atoms with Crippen LogP contribution in [0.25, 0.3) is 0 Å². The fraction of sp³-hybridized carbons (Fsp3) is 0.154. The third-order valence-corrected chi connectivity index (χ3v) is 3.19. The van der Waals surface area contributed by atoms with Crippen molar-refractivity contribution < 1.29 is 14.7 Å². The van der Waals surface area contributed by atoms with E-state index in [0.717, 1.165) is 17.7 Å². The van der Waals surface area contributed by atoms with E-state index in [0.29, 0.717) is 6.54 Å². The van der Waals surface area contributed by atoms with Crippen LogP contribution in [0.15, 0.2) is 30.6 Å². The van der Waals surface area contributed by atoms with Crippen molar-refractivity contribution in [3.8, 4) is 0 Å². The largest absolute Gasteiger partial charge is 0.477 e. The summed E-state index contributed by atoms with van der Waals surface area (Å²) in [7, 11) is 0. The highest BCUT2D eigenvalue weighted by molar-refractivity contribution is 6.10. The lowest BCUT2D eigenvalue weighted by Gasteiger charge is -2.16. The van der Waals surface area contributed by atoms with Gasteiger partial charge < -0.3 is 15.0 Å². The van der Waals surface area contributed by atoms with E-state index in [1.807, 2.05) is 24.3 Å². The number of amides is 1. The molecule has 1 amide bonds. The molecule has 6 heteroatoms. The molecule has 6 nitrogen and oxygen atoms in total. The molecule has 0 saturated carbocycles. The first kappa shape index (κ1) is 11.5. The smallest absolute Gasteiger partial charge is 0.354 e. The van der Waals surface area contributed by atoms with E-state index >= 15 is 0 Å². The highest BCUT2D eigenvalue weighted by Crippen LogP contribution is 2.28. The molecule has 0 saturated heterocycles. The van der Waals surface area contributed by atoms with E-state index in [1.54, 1.807) is 4.90 Å². The minimum atomic E-state index is -1.19. The number of fused-ring (bicyclic) bond motifs is 1. The second-order valence-corrected chi connectivity index (χ2v) is 4.27. The summed E-state index contributed by atoms with van der Waals surface area (Å²) < 4.78 is 0. The van der Waals surface area contributed by atoms with Crippen LogP contribution in [-0.4, -0.2) is 33.5 Å². The van der Waals surface area contributed by atoms with Crippen molar-refractivity contribution in [3.63, 3.8) is 0 Å². The molecule has 2 aromatic rings. The quantitative estimate of drug-likeness (QED) is 0.849. The van der Waals surface area contributed by atoms with Crippen molar-refractivity contribution >= 4 is 17.6 Å². The van der Waals surface area contributed by atoms with E-state index in [-0.39, 0.29) is 17.3 Å². The van der Waals surface area contributed by atoms with Crippen LogP contribution >= 0.6 is 0 Å². The van der Waals surface area contributed by atoms with Gasteiger partial charge in [-0.25, -0.2) is 9.78 Å². The molecule has 1 aromatic heterocycles. The number of carboxylic acids is 1. The maximum atomic E-state index is 12.4. The number of benzene rings is 1. The van der Waals surface area contributed by atoms with Crippen molar-refractivity contribution in [2.75, 3.05) is 11.4 Å². The summed E-state index contributed by atoms with van der Waals surface area (Å²) in [5.41, 5.74) is 1.69. The minimum Gasteiger partial charge on any atom is -0.477 e. The summed E-state index contributed by atoms with van der Waals surface area (Å²) in [6.07, 6.45) is 1.99. The molecule has 0 unspecified atom stereocenters. The molecule has 0 atom stereocenters. The molecule has 1 aliphatic heterocycles. The average Bonchev–Trinajstić information content (AvgIpc) is 3.05. The number of hydrogen-bond donors (Lipinski definition) is 2. The Morgan fingerprint density at radius 2 is 2.11 bits per heavy atom.